The van der Waals surface area contributed by atoms with Crippen LogP contribution in [-0.4, -0.2) is 126 Å². The molecule has 1 aromatic rings. The average Bonchev–Trinajstić information content (AvgIpc) is 2.95. The second-order valence-electron chi connectivity index (χ2n) is 9.34. The highest BCUT2D eigenvalue weighted by molar-refractivity contribution is 14.1. The minimum atomic E-state index is -7.08. The summed E-state index contributed by atoms with van der Waals surface area (Å²) in [5, 5.41) is 42.0. The van der Waals surface area contributed by atoms with Gasteiger partial charge in [-0.15, -0.1) is 0 Å². The highest BCUT2D eigenvalue weighted by Crippen LogP contribution is 2.54. The van der Waals surface area contributed by atoms with Crippen molar-refractivity contribution in [3.63, 3.8) is 0 Å². The quantitative estimate of drug-likeness (QED) is 0.0836. The van der Waals surface area contributed by atoms with Crippen LogP contribution in [0.3, 0.4) is 0 Å². The molecular formula is C23H25F9I3N3O8. The molecule has 2 unspecified atom stereocenters. The molecular weight excluding hydrogens is 998 g/mol. The Bertz CT molecular complexity index is 1280. The molecule has 0 aliphatic rings. The Morgan fingerprint density at radius 3 is 1.87 bits per heavy atom. The van der Waals surface area contributed by atoms with Crippen LogP contribution in [0.5, 0.6) is 0 Å². The zero-order valence-electron chi connectivity index (χ0n) is 23.0. The van der Waals surface area contributed by atoms with Crippen LogP contribution in [0.4, 0.5) is 45.2 Å². The Hall–Kier alpha value is -1.01. The fourth-order valence-electron chi connectivity index (χ4n) is 3.28. The van der Waals surface area contributed by atoms with Crippen molar-refractivity contribution < 1.29 is 79.1 Å². The van der Waals surface area contributed by atoms with Crippen molar-refractivity contribution >= 4 is 91.2 Å². The van der Waals surface area contributed by atoms with Crippen molar-refractivity contribution in [3.8, 4) is 0 Å². The second kappa shape index (κ2) is 17.1. The molecule has 0 aliphatic heterocycles. The van der Waals surface area contributed by atoms with Crippen LogP contribution in [0.2, 0.25) is 0 Å². The van der Waals surface area contributed by atoms with Gasteiger partial charge in [0.05, 0.1) is 56.0 Å². The smallest absolute Gasteiger partial charge is 0.394 e. The number of alkyl halides is 9. The number of nitrogens with one attached hydrogen (secondary N) is 2. The molecule has 0 fully saturated rings. The van der Waals surface area contributed by atoms with Crippen LogP contribution >= 0.6 is 67.8 Å². The fourth-order valence-corrected chi connectivity index (χ4v) is 7.66. The first kappa shape index (κ1) is 43.0. The van der Waals surface area contributed by atoms with Gasteiger partial charge in [0.25, 0.3) is 11.8 Å². The largest absolute Gasteiger partial charge is 0.460 e. The lowest BCUT2D eigenvalue weighted by atomic mass is 10.0. The number of halogens is 12. The summed E-state index contributed by atoms with van der Waals surface area (Å²) in [6.45, 7) is -5.08. The summed E-state index contributed by atoms with van der Waals surface area (Å²) in [6, 6.07) is 0. The number of anilines is 1. The standard InChI is InChI=1S/C23H25F9I3N3O8/c1-38(5-10(42)7-40)19(45)13-14(33)12(18(44)36-4-9(41)6-39)15(34)17(16(13)35)37-11(43)8-46-3-2-20(24,25)21(26,27)22(28,29)23(30,31)32/h9-10,39-42H,2-8H2,1H3,(H,36,44)(H,37,43). The third kappa shape index (κ3) is 10.0. The van der Waals surface area contributed by atoms with E-state index in [9.17, 15) is 64.1 Å². The molecule has 3 amide bonds. The zero-order valence-corrected chi connectivity index (χ0v) is 29.5. The van der Waals surface area contributed by atoms with E-state index in [1.54, 1.807) is 67.8 Å². The molecule has 23 heteroatoms. The molecule has 6 N–H and O–H groups in total. The number of hydrogen-bond donors (Lipinski definition) is 6. The minimum Gasteiger partial charge on any atom is -0.394 e. The van der Waals surface area contributed by atoms with Crippen LogP contribution in [-0.2, 0) is 9.53 Å². The molecule has 1 rings (SSSR count). The maximum atomic E-state index is 13.7. The van der Waals surface area contributed by atoms with Gasteiger partial charge in [0.1, 0.15) is 6.61 Å². The van der Waals surface area contributed by atoms with Gasteiger partial charge in [-0.1, -0.05) is 0 Å². The first-order chi connectivity index (χ1) is 20.9. The van der Waals surface area contributed by atoms with Gasteiger partial charge in [0.15, 0.2) is 0 Å². The Morgan fingerprint density at radius 1 is 0.848 bits per heavy atom. The molecule has 264 valence electrons. The molecule has 0 saturated heterocycles. The van der Waals surface area contributed by atoms with Crippen molar-refractivity contribution in [3.05, 3.63) is 21.8 Å². The number of carbonyl (C=O) groups is 3. The predicted octanol–water partition coefficient (Wildman–Crippen LogP) is 2.82. The lowest BCUT2D eigenvalue weighted by Crippen LogP contribution is -2.61. The summed E-state index contributed by atoms with van der Waals surface area (Å²) in [7, 11) is 1.23. The van der Waals surface area contributed by atoms with E-state index in [0.29, 0.717) is 0 Å². The third-order valence-electron chi connectivity index (χ3n) is 5.78. The molecule has 0 heterocycles. The van der Waals surface area contributed by atoms with Crippen LogP contribution in [0.1, 0.15) is 27.1 Å². The lowest BCUT2D eigenvalue weighted by molar-refractivity contribution is -0.397. The summed E-state index contributed by atoms with van der Waals surface area (Å²) in [5.74, 6) is -22.8. The van der Waals surface area contributed by atoms with Crippen molar-refractivity contribution in [1.82, 2.24) is 10.2 Å². The van der Waals surface area contributed by atoms with Gasteiger partial charge in [0, 0.05) is 30.1 Å². The molecule has 0 saturated carbocycles. The lowest BCUT2D eigenvalue weighted by Gasteiger charge is -2.33. The summed E-state index contributed by atoms with van der Waals surface area (Å²) >= 11 is 4.82. The van der Waals surface area contributed by atoms with Crippen molar-refractivity contribution in [2.24, 2.45) is 0 Å². The highest BCUT2D eigenvalue weighted by atomic mass is 127. The first-order valence-electron chi connectivity index (χ1n) is 12.3. The van der Waals surface area contributed by atoms with E-state index >= 15 is 0 Å². The Morgan fingerprint density at radius 2 is 1.37 bits per heavy atom. The van der Waals surface area contributed by atoms with Crippen molar-refractivity contribution in [2.75, 3.05) is 51.9 Å². The van der Waals surface area contributed by atoms with E-state index in [-0.39, 0.29) is 34.1 Å². The first-order valence-corrected chi connectivity index (χ1v) is 15.5. The molecule has 1 aromatic carbocycles. The minimum absolute atomic E-state index is 0.00536. The average molecular weight is 1020 g/mol. The number of amides is 3. The zero-order chi connectivity index (χ0) is 36.0. The molecule has 0 spiro atoms. The van der Waals surface area contributed by atoms with Gasteiger partial charge in [-0.3, -0.25) is 14.4 Å². The Labute approximate surface area is 295 Å². The van der Waals surface area contributed by atoms with Gasteiger partial charge in [-0.05, 0) is 67.8 Å². The highest BCUT2D eigenvalue weighted by Gasteiger charge is 2.81. The topological polar surface area (TPSA) is 169 Å². The maximum absolute atomic E-state index is 13.7. The fraction of sp³-hybridized carbons (Fsp3) is 0.609. The summed E-state index contributed by atoms with van der Waals surface area (Å²) in [6.07, 6.45) is -12.1. The number of benzene rings is 1. The molecule has 0 bridgehead atoms. The molecule has 0 aliphatic carbocycles. The monoisotopic (exact) mass is 1020 g/mol. The molecule has 2 atom stereocenters. The number of ether oxygens (including phenoxy) is 1. The summed E-state index contributed by atoms with van der Waals surface area (Å²) < 4.78 is 122. The van der Waals surface area contributed by atoms with E-state index in [1.807, 2.05) is 0 Å². The van der Waals surface area contributed by atoms with E-state index in [4.69, 9.17) is 10.2 Å². The molecule has 11 nitrogen and oxygen atoms in total. The van der Waals surface area contributed by atoms with Gasteiger partial charge in [-0.25, -0.2) is 0 Å². The van der Waals surface area contributed by atoms with Crippen LogP contribution in [0.15, 0.2) is 0 Å². The van der Waals surface area contributed by atoms with Crippen LogP contribution in [0, 0.1) is 10.7 Å². The van der Waals surface area contributed by atoms with E-state index in [1.165, 1.54) is 7.05 Å². The van der Waals surface area contributed by atoms with E-state index < -0.39 is 93.3 Å². The Balaban J connectivity index is 3.32. The molecule has 46 heavy (non-hydrogen) atoms. The number of rotatable bonds is 16. The summed E-state index contributed by atoms with van der Waals surface area (Å²) in [4.78, 5) is 39.9. The van der Waals surface area contributed by atoms with Crippen LogP contribution < -0.4 is 10.6 Å². The van der Waals surface area contributed by atoms with Crippen molar-refractivity contribution in [2.45, 2.75) is 42.6 Å². The van der Waals surface area contributed by atoms with Crippen molar-refractivity contribution in [1.29, 1.82) is 0 Å². The normalized spacial score (nSPS) is 14.1. The SMILES string of the molecule is CN(CC(O)CO)C(=O)c1c(I)c(NC(=O)COCCC(F)(F)C(F)(F)C(F)(F)C(F)(F)F)c(I)c(C(=O)NCC(O)CO)c1I. The number of hydrogen-bond acceptors (Lipinski definition) is 8. The Kier molecular flexibility index (Phi) is 16.0. The number of nitrogens with zero attached hydrogens (tertiary/aromatic N) is 1. The number of aliphatic hydroxyl groups excluding tert-OH is 4. The molecule has 0 radical (unpaired) electrons. The number of likely N-dealkylation sites (N-methyl/N-ethyl adjacent to an activating group) is 1. The van der Waals surface area contributed by atoms with Gasteiger partial charge >= 0.3 is 23.9 Å². The van der Waals surface area contributed by atoms with Crippen LogP contribution in [0.25, 0.3) is 0 Å². The third-order valence-corrected chi connectivity index (χ3v) is 9.01. The van der Waals surface area contributed by atoms with Gasteiger partial charge in [0.2, 0.25) is 5.91 Å². The molecule has 0 aromatic heterocycles. The van der Waals surface area contributed by atoms with Gasteiger partial charge in [-0.2, -0.15) is 39.5 Å². The predicted molar refractivity (Wildman–Crippen MR) is 165 cm³/mol. The van der Waals surface area contributed by atoms with E-state index in [0.717, 1.165) is 4.90 Å². The number of aliphatic hydroxyl groups is 4. The number of carbonyl (C=O) groups excluding carboxylic acids is 3. The van der Waals surface area contributed by atoms with Gasteiger partial charge < -0.3 is 40.7 Å². The maximum Gasteiger partial charge on any atom is 0.460 e. The second-order valence-corrected chi connectivity index (χ2v) is 12.6. The van der Waals surface area contributed by atoms with E-state index in [2.05, 4.69) is 15.4 Å². The summed E-state index contributed by atoms with van der Waals surface area (Å²) in [5.41, 5.74) is -0.704.